The predicted octanol–water partition coefficient (Wildman–Crippen LogP) is 4.07. The van der Waals surface area contributed by atoms with Crippen LogP contribution < -0.4 is 10.6 Å². The highest BCUT2D eigenvalue weighted by atomic mass is 19.1. The lowest BCUT2D eigenvalue weighted by atomic mass is 9.73. The Bertz CT molecular complexity index is 1040. The normalized spacial score (nSPS) is 21.6. The van der Waals surface area contributed by atoms with Gasteiger partial charge in [0, 0.05) is 41.1 Å². The van der Waals surface area contributed by atoms with Gasteiger partial charge in [0.1, 0.15) is 11.6 Å². The van der Waals surface area contributed by atoms with Crippen LogP contribution >= 0.6 is 0 Å². The molecular formula is C23H22FN3O2. The van der Waals surface area contributed by atoms with Crippen LogP contribution in [-0.2, 0) is 9.59 Å². The summed E-state index contributed by atoms with van der Waals surface area (Å²) in [6, 6.07) is 11.3. The minimum atomic E-state index is -0.620. The van der Waals surface area contributed by atoms with Crippen molar-refractivity contribution < 1.29 is 14.0 Å². The van der Waals surface area contributed by atoms with Crippen LogP contribution in [0.25, 0.3) is 0 Å². The van der Waals surface area contributed by atoms with Crippen molar-refractivity contribution in [3.05, 3.63) is 82.6 Å². The van der Waals surface area contributed by atoms with Crippen molar-refractivity contribution in [2.45, 2.75) is 32.6 Å². The second kappa shape index (κ2) is 7.62. The minimum absolute atomic E-state index is 0.00357. The van der Waals surface area contributed by atoms with E-state index in [0.29, 0.717) is 34.6 Å². The molecule has 1 amide bonds. The van der Waals surface area contributed by atoms with Crippen LogP contribution in [-0.4, -0.2) is 16.7 Å². The number of carbonyl (C=O) groups excluding carboxylic acids is 2. The number of dihydropyridines is 1. The van der Waals surface area contributed by atoms with Crippen molar-refractivity contribution in [3.8, 4) is 0 Å². The number of nitrogens with zero attached hydrogens (tertiary/aromatic N) is 1. The van der Waals surface area contributed by atoms with E-state index in [1.807, 2.05) is 13.8 Å². The molecule has 2 aliphatic rings. The lowest BCUT2D eigenvalue weighted by molar-refractivity contribution is -0.117. The topological polar surface area (TPSA) is 71.1 Å². The summed E-state index contributed by atoms with van der Waals surface area (Å²) < 4.78 is 14.0. The fourth-order valence-electron chi connectivity index (χ4n) is 4.17. The second-order valence-electron chi connectivity index (χ2n) is 7.65. The molecule has 2 N–H and O–H groups in total. The monoisotopic (exact) mass is 391 g/mol. The van der Waals surface area contributed by atoms with Gasteiger partial charge in [0.05, 0.1) is 0 Å². The molecule has 1 aliphatic heterocycles. The Morgan fingerprint density at radius 1 is 1.21 bits per heavy atom. The summed E-state index contributed by atoms with van der Waals surface area (Å²) in [6.07, 6.45) is 2.73. The standard InChI is InChI=1S/C23H22FN3O2/c1-13-10-17-22(18(28)11-13)21(15-6-5-7-16(24)12-15)20(14(2)26-17)23(29)27-19-8-3-4-9-25-19/h3-9,12-13,21,26H,10-11H2,1-2H3,(H,25,27,29). The molecule has 2 heterocycles. The number of nitrogens with one attached hydrogen (secondary N) is 2. The highest BCUT2D eigenvalue weighted by Gasteiger charge is 2.39. The van der Waals surface area contributed by atoms with Crippen LogP contribution in [0.4, 0.5) is 10.2 Å². The van der Waals surface area contributed by atoms with Crippen molar-refractivity contribution in [2.75, 3.05) is 5.32 Å². The van der Waals surface area contributed by atoms with Crippen LogP contribution in [0.1, 0.15) is 38.2 Å². The zero-order valence-corrected chi connectivity index (χ0v) is 16.3. The number of aromatic nitrogens is 1. The van der Waals surface area contributed by atoms with Crippen molar-refractivity contribution in [3.63, 3.8) is 0 Å². The average molecular weight is 391 g/mol. The fourth-order valence-corrected chi connectivity index (χ4v) is 4.17. The highest BCUT2D eigenvalue weighted by Crippen LogP contribution is 2.43. The number of halogens is 1. The molecule has 0 saturated carbocycles. The average Bonchev–Trinajstić information content (AvgIpc) is 2.67. The van der Waals surface area contributed by atoms with Gasteiger partial charge in [-0.2, -0.15) is 0 Å². The summed E-state index contributed by atoms with van der Waals surface area (Å²) in [5.74, 6) is -0.748. The first-order chi connectivity index (χ1) is 13.9. The molecular weight excluding hydrogens is 369 g/mol. The molecule has 0 saturated heterocycles. The van der Waals surface area contributed by atoms with Gasteiger partial charge in [0.2, 0.25) is 0 Å². The van der Waals surface area contributed by atoms with E-state index in [2.05, 4.69) is 15.6 Å². The molecule has 1 aromatic carbocycles. The molecule has 1 aliphatic carbocycles. The molecule has 0 bridgehead atoms. The summed E-state index contributed by atoms with van der Waals surface area (Å²) in [5.41, 5.74) is 3.05. The first-order valence-electron chi connectivity index (χ1n) is 9.66. The quantitative estimate of drug-likeness (QED) is 0.827. The molecule has 5 nitrogen and oxygen atoms in total. The smallest absolute Gasteiger partial charge is 0.255 e. The third kappa shape index (κ3) is 3.70. The maximum absolute atomic E-state index is 14.0. The van der Waals surface area contributed by atoms with E-state index in [0.717, 1.165) is 12.1 Å². The van der Waals surface area contributed by atoms with E-state index in [1.165, 1.54) is 12.1 Å². The van der Waals surface area contributed by atoms with E-state index in [-0.39, 0.29) is 17.6 Å². The number of carbonyl (C=O) groups is 2. The molecule has 6 heteroatoms. The number of hydrogen-bond acceptors (Lipinski definition) is 4. The van der Waals surface area contributed by atoms with Crippen molar-refractivity contribution in [1.29, 1.82) is 0 Å². The van der Waals surface area contributed by atoms with E-state index in [9.17, 15) is 14.0 Å². The van der Waals surface area contributed by atoms with Gasteiger partial charge in [-0.05, 0) is 49.1 Å². The number of hydrogen-bond donors (Lipinski definition) is 2. The van der Waals surface area contributed by atoms with Crippen LogP contribution in [0.3, 0.4) is 0 Å². The van der Waals surface area contributed by atoms with E-state index in [1.54, 1.807) is 36.5 Å². The van der Waals surface area contributed by atoms with Crippen LogP contribution in [0.2, 0.25) is 0 Å². The van der Waals surface area contributed by atoms with E-state index >= 15 is 0 Å². The maximum Gasteiger partial charge on any atom is 0.255 e. The lowest BCUT2D eigenvalue weighted by Gasteiger charge is -2.36. The molecule has 29 heavy (non-hydrogen) atoms. The number of ketones is 1. The van der Waals surface area contributed by atoms with E-state index in [4.69, 9.17) is 0 Å². The zero-order valence-electron chi connectivity index (χ0n) is 16.3. The molecule has 1 aromatic heterocycles. The van der Waals surface area contributed by atoms with Crippen molar-refractivity contribution in [1.82, 2.24) is 10.3 Å². The van der Waals surface area contributed by atoms with Gasteiger partial charge in [-0.1, -0.05) is 25.1 Å². The Hall–Kier alpha value is -3.28. The Morgan fingerprint density at radius 3 is 2.76 bits per heavy atom. The molecule has 2 unspecified atom stereocenters. The molecule has 2 atom stereocenters. The summed E-state index contributed by atoms with van der Waals surface area (Å²) in [6.45, 7) is 3.84. The van der Waals surface area contributed by atoms with Crippen molar-refractivity contribution in [2.24, 2.45) is 5.92 Å². The summed E-state index contributed by atoms with van der Waals surface area (Å²) in [4.78, 5) is 30.3. The van der Waals surface area contributed by atoms with Gasteiger partial charge in [-0.3, -0.25) is 9.59 Å². The summed E-state index contributed by atoms with van der Waals surface area (Å²) >= 11 is 0. The SMILES string of the molecule is CC1=C(C(=O)Nc2ccccn2)C(c2cccc(F)c2)C2=C(CC(C)CC2=O)N1. The summed E-state index contributed by atoms with van der Waals surface area (Å²) in [5, 5.41) is 6.07. The van der Waals surface area contributed by atoms with Gasteiger partial charge < -0.3 is 10.6 Å². The first-order valence-corrected chi connectivity index (χ1v) is 9.66. The zero-order chi connectivity index (χ0) is 20.5. The van der Waals surface area contributed by atoms with E-state index < -0.39 is 11.7 Å². The van der Waals surface area contributed by atoms with Crippen LogP contribution in [0.15, 0.2) is 71.2 Å². The van der Waals surface area contributed by atoms with Gasteiger partial charge in [-0.15, -0.1) is 0 Å². The van der Waals surface area contributed by atoms with Gasteiger partial charge in [0.15, 0.2) is 5.78 Å². The van der Waals surface area contributed by atoms with Crippen LogP contribution in [0, 0.1) is 11.7 Å². The molecule has 4 rings (SSSR count). The Balaban J connectivity index is 1.81. The molecule has 0 radical (unpaired) electrons. The Morgan fingerprint density at radius 2 is 2.03 bits per heavy atom. The maximum atomic E-state index is 14.0. The minimum Gasteiger partial charge on any atom is -0.362 e. The number of amides is 1. The lowest BCUT2D eigenvalue weighted by Crippen LogP contribution is -2.37. The number of Topliss-reactive ketones (excluding diaryl/α,β-unsaturated/α-hetero) is 1. The number of pyridine rings is 1. The summed E-state index contributed by atoms with van der Waals surface area (Å²) in [7, 11) is 0. The predicted molar refractivity (Wildman–Crippen MR) is 108 cm³/mol. The van der Waals surface area contributed by atoms with Gasteiger partial charge >= 0.3 is 0 Å². The second-order valence-corrected chi connectivity index (χ2v) is 7.65. The number of rotatable bonds is 3. The number of allylic oxidation sites excluding steroid dienone is 3. The number of anilines is 1. The van der Waals surface area contributed by atoms with Crippen molar-refractivity contribution >= 4 is 17.5 Å². The first kappa shape index (κ1) is 19.1. The molecule has 0 spiro atoms. The largest absolute Gasteiger partial charge is 0.362 e. The Kier molecular flexibility index (Phi) is 5.01. The van der Waals surface area contributed by atoms with Gasteiger partial charge in [-0.25, -0.2) is 9.37 Å². The number of benzene rings is 1. The highest BCUT2D eigenvalue weighted by molar-refractivity contribution is 6.09. The third-order valence-electron chi connectivity index (χ3n) is 5.36. The van der Waals surface area contributed by atoms with Crippen LogP contribution in [0.5, 0.6) is 0 Å². The molecule has 0 fully saturated rings. The third-order valence-corrected chi connectivity index (χ3v) is 5.36. The molecule has 148 valence electrons. The fraction of sp³-hybridized carbons (Fsp3) is 0.261. The van der Waals surface area contributed by atoms with Gasteiger partial charge in [0.25, 0.3) is 5.91 Å². The molecule has 2 aromatic rings. The Labute approximate surface area is 168 Å².